The summed E-state index contributed by atoms with van der Waals surface area (Å²) in [6.07, 6.45) is 0. The molecule has 0 aromatic rings. The molecule has 8 heteroatoms. The zero-order chi connectivity index (χ0) is 15.0. The average Bonchev–Trinajstić information content (AvgIpc) is 2.34. The molecule has 2 atom stereocenters. The zero-order valence-electron chi connectivity index (χ0n) is 11.4. The van der Waals surface area contributed by atoms with Crippen molar-refractivity contribution in [2.24, 2.45) is 0 Å². The molecule has 0 rings (SSSR count). The first kappa shape index (κ1) is 16.9. The lowest BCUT2D eigenvalue weighted by atomic mass is 10.2. The first-order chi connectivity index (χ1) is 8.77. The van der Waals surface area contributed by atoms with Crippen LogP contribution in [0, 0.1) is 0 Å². The van der Waals surface area contributed by atoms with Crippen LogP contribution in [0.5, 0.6) is 0 Å². The maximum absolute atomic E-state index is 11.6. The summed E-state index contributed by atoms with van der Waals surface area (Å²) in [6.45, 7) is 4.00. The van der Waals surface area contributed by atoms with E-state index in [2.05, 4.69) is 20.7 Å². The number of hydrogen-bond donors (Lipinski definition) is 3. The molecule has 0 aromatic carbocycles. The molecule has 19 heavy (non-hydrogen) atoms. The van der Waals surface area contributed by atoms with Crippen LogP contribution in [0.25, 0.3) is 0 Å². The predicted molar refractivity (Wildman–Crippen MR) is 65.9 cm³/mol. The molecule has 108 valence electrons. The van der Waals surface area contributed by atoms with Crippen molar-refractivity contribution in [1.82, 2.24) is 16.0 Å². The van der Waals surface area contributed by atoms with E-state index in [4.69, 9.17) is 0 Å². The molecule has 3 amide bonds. The van der Waals surface area contributed by atoms with E-state index < -0.39 is 29.9 Å². The molecule has 3 N–H and O–H groups in total. The molecule has 0 fully saturated rings. The number of methoxy groups -OCH3 is 1. The summed E-state index contributed by atoms with van der Waals surface area (Å²) in [7, 11) is 1.21. The third-order valence-electron chi connectivity index (χ3n) is 2.18. The minimum absolute atomic E-state index is 0.209. The molecule has 0 saturated carbocycles. The Balaban J connectivity index is 4.16. The predicted octanol–water partition coefficient (Wildman–Crippen LogP) is -1.70. The second-order valence-electron chi connectivity index (χ2n) is 3.95. The van der Waals surface area contributed by atoms with Crippen LogP contribution in [0.1, 0.15) is 20.8 Å². The molecular formula is C11H19N3O5. The third kappa shape index (κ3) is 7.02. The summed E-state index contributed by atoms with van der Waals surface area (Å²) in [5.74, 6) is -1.94. The highest BCUT2D eigenvalue weighted by molar-refractivity contribution is 5.91. The molecule has 0 aliphatic rings. The molecule has 0 aliphatic heterocycles. The number of amides is 3. The van der Waals surface area contributed by atoms with Gasteiger partial charge >= 0.3 is 5.97 Å². The van der Waals surface area contributed by atoms with Crippen molar-refractivity contribution in [3.63, 3.8) is 0 Å². The minimum atomic E-state index is -0.826. The molecule has 8 nitrogen and oxygen atoms in total. The highest BCUT2D eigenvalue weighted by Crippen LogP contribution is 1.89. The molecule has 0 spiro atoms. The van der Waals surface area contributed by atoms with Gasteiger partial charge in [-0.2, -0.15) is 0 Å². The van der Waals surface area contributed by atoms with Crippen LogP contribution < -0.4 is 16.0 Å². The van der Waals surface area contributed by atoms with Gasteiger partial charge in [-0.1, -0.05) is 0 Å². The highest BCUT2D eigenvalue weighted by Gasteiger charge is 2.21. The van der Waals surface area contributed by atoms with Crippen molar-refractivity contribution in [2.75, 3.05) is 13.7 Å². The van der Waals surface area contributed by atoms with E-state index in [-0.39, 0.29) is 12.5 Å². The highest BCUT2D eigenvalue weighted by atomic mass is 16.5. The number of carbonyl (C=O) groups is 4. The normalized spacial score (nSPS) is 12.8. The first-order valence-corrected chi connectivity index (χ1v) is 5.70. The summed E-state index contributed by atoms with van der Waals surface area (Å²) in [5.41, 5.74) is 0. The Bertz CT molecular complexity index is 369. The second-order valence-corrected chi connectivity index (χ2v) is 3.95. The van der Waals surface area contributed by atoms with Gasteiger partial charge in [0.1, 0.15) is 12.1 Å². The zero-order valence-corrected chi connectivity index (χ0v) is 11.4. The van der Waals surface area contributed by atoms with Crippen LogP contribution in [0.2, 0.25) is 0 Å². The summed E-state index contributed by atoms with van der Waals surface area (Å²) < 4.78 is 4.45. The smallest absolute Gasteiger partial charge is 0.328 e. The maximum atomic E-state index is 11.6. The largest absolute Gasteiger partial charge is 0.467 e. The van der Waals surface area contributed by atoms with Gasteiger partial charge in [0.25, 0.3) is 0 Å². The van der Waals surface area contributed by atoms with E-state index in [1.807, 2.05) is 0 Å². The Morgan fingerprint density at radius 1 is 1.05 bits per heavy atom. The summed E-state index contributed by atoms with van der Waals surface area (Å²) in [6, 6.07) is -1.62. The van der Waals surface area contributed by atoms with Crippen LogP contribution in [-0.4, -0.2) is 49.4 Å². The number of nitrogens with one attached hydrogen (secondary N) is 3. The number of ether oxygens (including phenoxy) is 1. The van der Waals surface area contributed by atoms with E-state index >= 15 is 0 Å². The SMILES string of the molecule is COC(=O)[C@H](C)NC(=O)[C@H](C)NC(=O)CNC(C)=O. The van der Waals surface area contributed by atoms with Crippen LogP contribution in [0.15, 0.2) is 0 Å². The van der Waals surface area contributed by atoms with Crippen LogP contribution in [0.3, 0.4) is 0 Å². The number of hydrogen-bond acceptors (Lipinski definition) is 5. The average molecular weight is 273 g/mol. The van der Waals surface area contributed by atoms with Gasteiger partial charge in [0.2, 0.25) is 17.7 Å². The van der Waals surface area contributed by atoms with Gasteiger partial charge in [0.15, 0.2) is 0 Å². The molecular weight excluding hydrogens is 254 g/mol. The molecule has 0 heterocycles. The fourth-order valence-corrected chi connectivity index (χ4v) is 1.14. The van der Waals surface area contributed by atoms with Crippen molar-refractivity contribution >= 4 is 23.7 Å². The molecule has 0 unspecified atom stereocenters. The van der Waals surface area contributed by atoms with E-state index in [1.54, 1.807) is 0 Å². The van der Waals surface area contributed by atoms with Crippen LogP contribution in [0.4, 0.5) is 0 Å². The molecule has 0 saturated heterocycles. The second kappa shape index (κ2) is 8.06. The third-order valence-corrected chi connectivity index (χ3v) is 2.18. The molecule has 0 bridgehead atoms. The van der Waals surface area contributed by atoms with E-state index in [1.165, 1.54) is 27.9 Å². The Morgan fingerprint density at radius 3 is 2.11 bits per heavy atom. The van der Waals surface area contributed by atoms with Gasteiger partial charge in [-0.3, -0.25) is 14.4 Å². The van der Waals surface area contributed by atoms with Crippen molar-refractivity contribution in [2.45, 2.75) is 32.9 Å². The molecule has 0 aromatic heterocycles. The van der Waals surface area contributed by atoms with Gasteiger partial charge in [-0.15, -0.1) is 0 Å². The lowest BCUT2D eigenvalue weighted by Gasteiger charge is -2.17. The lowest BCUT2D eigenvalue weighted by Crippen LogP contribution is -2.51. The van der Waals surface area contributed by atoms with Gasteiger partial charge in [-0.25, -0.2) is 4.79 Å². The number of rotatable bonds is 6. The van der Waals surface area contributed by atoms with Gasteiger partial charge in [0, 0.05) is 6.92 Å². The van der Waals surface area contributed by atoms with Gasteiger partial charge in [-0.05, 0) is 13.8 Å². The Kier molecular flexibility index (Phi) is 7.16. The maximum Gasteiger partial charge on any atom is 0.328 e. The van der Waals surface area contributed by atoms with Gasteiger partial charge in [0.05, 0.1) is 13.7 Å². The van der Waals surface area contributed by atoms with Crippen LogP contribution >= 0.6 is 0 Å². The summed E-state index contributed by atoms with van der Waals surface area (Å²) in [4.78, 5) is 44.7. The van der Waals surface area contributed by atoms with Crippen LogP contribution in [-0.2, 0) is 23.9 Å². The first-order valence-electron chi connectivity index (χ1n) is 5.70. The van der Waals surface area contributed by atoms with Crippen molar-refractivity contribution in [3.05, 3.63) is 0 Å². The molecule has 0 radical (unpaired) electrons. The van der Waals surface area contributed by atoms with E-state index in [0.29, 0.717) is 0 Å². The van der Waals surface area contributed by atoms with Crippen molar-refractivity contribution < 1.29 is 23.9 Å². The summed E-state index contributed by atoms with van der Waals surface area (Å²) in [5, 5.41) is 7.07. The number of carbonyl (C=O) groups excluding carboxylic acids is 4. The monoisotopic (exact) mass is 273 g/mol. The van der Waals surface area contributed by atoms with Crippen molar-refractivity contribution in [1.29, 1.82) is 0 Å². The fraction of sp³-hybridized carbons (Fsp3) is 0.636. The topological polar surface area (TPSA) is 114 Å². The Labute approximate surface area is 111 Å². The Morgan fingerprint density at radius 2 is 1.63 bits per heavy atom. The van der Waals surface area contributed by atoms with Crippen molar-refractivity contribution in [3.8, 4) is 0 Å². The molecule has 0 aliphatic carbocycles. The lowest BCUT2D eigenvalue weighted by molar-refractivity contribution is -0.144. The van der Waals surface area contributed by atoms with E-state index in [0.717, 1.165) is 0 Å². The quantitative estimate of drug-likeness (QED) is 0.499. The minimum Gasteiger partial charge on any atom is -0.467 e. The number of esters is 1. The summed E-state index contributed by atoms with van der Waals surface area (Å²) >= 11 is 0. The fourth-order valence-electron chi connectivity index (χ4n) is 1.14. The standard InChI is InChI=1S/C11H19N3O5/c1-6(13-9(16)5-12-8(3)15)10(17)14-7(2)11(18)19-4/h6-7H,5H2,1-4H3,(H,12,15)(H,13,16)(H,14,17)/t6-,7-/m0/s1. The van der Waals surface area contributed by atoms with Gasteiger partial charge < -0.3 is 20.7 Å². The van der Waals surface area contributed by atoms with E-state index in [9.17, 15) is 19.2 Å². The Hall–Kier alpha value is -2.12.